The maximum Gasteiger partial charge on any atom is 0.222 e. The molecule has 22 heavy (non-hydrogen) atoms. The van der Waals surface area contributed by atoms with Crippen LogP contribution in [0.15, 0.2) is 24.3 Å². The summed E-state index contributed by atoms with van der Waals surface area (Å²) in [6, 6.07) is 8.17. The lowest BCUT2D eigenvalue weighted by atomic mass is 10.1. The molecule has 0 aromatic heterocycles. The fourth-order valence-corrected chi connectivity index (χ4v) is 2.61. The van der Waals surface area contributed by atoms with E-state index in [9.17, 15) is 4.79 Å². The number of nitrogens with zero attached hydrogens (tertiary/aromatic N) is 1. The highest BCUT2D eigenvalue weighted by Gasteiger charge is 2.23. The largest absolute Gasteiger partial charge is 0.490 e. The highest BCUT2D eigenvalue weighted by molar-refractivity contribution is 5.85. The van der Waals surface area contributed by atoms with Gasteiger partial charge >= 0.3 is 0 Å². The van der Waals surface area contributed by atoms with Gasteiger partial charge in [0.25, 0.3) is 0 Å². The number of benzene rings is 1. The Morgan fingerprint density at radius 3 is 2.50 bits per heavy atom. The maximum absolute atomic E-state index is 12.0. The van der Waals surface area contributed by atoms with Gasteiger partial charge in [-0.1, -0.05) is 17.7 Å². The van der Waals surface area contributed by atoms with Crippen molar-refractivity contribution >= 4 is 18.3 Å². The van der Waals surface area contributed by atoms with E-state index in [-0.39, 0.29) is 24.4 Å². The van der Waals surface area contributed by atoms with Gasteiger partial charge in [-0.25, -0.2) is 0 Å². The number of carbonyl (C=O) groups is 1. The van der Waals surface area contributed by atoms with Crippen LogP contribution in [0.2, 0.25) is 0 Å². The Bertz CT molecular complexity index is 442. The van der Waals surface area contributed by atoms with Crippen molar-refractivity contribution in [1.82, 2.24) is 10.2 Å². The number of amides is 1. The van der Waals surface area contributed by atoms with Crippen LogP contribution in [-0.4, -0.2) is 43.6 Å². The lowest BCUT2D eigenvalue weighted by Gasteiger charge is -2.32. The minimum atomic E-state index is 0. The summed E-state index contributed by atoms with van der Waals surface area (Å²) >= 11 is 0. The van der Waals surface area contributed by atoms with Crippen molar-refractivity contribution in [2.24, 2.45) is 0 Å². The van der Waals surface area contributed by atoms with Crippen LogP contribution in [0.5, 0.6) is 5.75 Å². The van der Waals surface area contributed by atoms with Gasteiger partial charge < -0.3 is 15.0 Å². The van der Waals surface area contributed by atoms with E-state index in [0.717, 1.165) is 44.6 Å². The molecule has 1 aliphatic rings. The van der Waals surface area contributed by atoms with Crippen LogP contribution in [0, 0.1) is 6.92 Å². The highest BCUT2D eigenvalue weighted by Crippen LogP contribution is 2.20. The van der Waals surface area contributed by atoms with Crippen molar-refractivity contribution in [3.05, 3.63) is 29.8 Å². The summed E-state index contributed by atoms with van der Waals surface area (Å²) in [5, 5.41) is 3.07. The smallest absolute Gasteiger partial charge is 0.222 e. The van der Waals surface area contributed by atoms with E-state index < -0.39 is 0 Å². The fourth-order valence-electron chi connectivity index (χ4n) is 2.61. The number of carbonyl (C=O) groups excluding carboxylic acids is 1. The number of aryl methyl sites for hydroxylation is 1. The molecule has 0 bridgehead atoms. The third-order valence-electron chi connectivity index (χ3n) is 3.94. The highest BCUT2D eigenvalue weighted by atomic mass is 35.5. The molecule has 124 valence electrons. The number of likely N-dealkylation sites (tertiary alicyclic amines) is 1. The van der Waals surface area contributed by atoms with Gasteiger partial charge in [0.2, 0.25) is 5.91 Å². The average molecular weight is 327 g/mol. The molecule has 2 rings (SSSR count). The van der Waals surface area contributed by atoms with Crippen molar-refractivity contribution in [1.29, 1.82) is 0 Å². The van der Waals surface area contributed by atoms with Crippen LogP contribution in [0.25, 0.3) is 0 Å². The number of piperidine rings is 1. The quantitative estimate of drug-likeness (QED) is 0.817. The molecule has 0 radical (unpaired) electrons. The first kappa shape index (κ1) is 18.8. The number of rotatable bonds is 6. The molecule has 0 spiro atoms. The summed E-state index contributed by atoms with van der Waals surface area (Å²) in [5.41, 5.74) is 1.24. The molecule has 1 heterocycles. The molecular weight excluding hydrogens is 300 g/mol. The zero-order chi connectivity index (χ0) is 15.1. The van der Waals surface area contributed by atoms with Crippen LogP contribution in [0.1, 0.15) is 31.2 Å². The van der Waals surface area contributed by atoms with Crippen molar-refractivity contribution in [2.45, 2.75) is 38.7 Å². The summed E-state index contributed by atoms with van der Waals surface area (Å²) in [7, 11) is 1.92. The van der Waals surface area contributed by atoms with Gasteiger partial charge in [-0.2, -0.15) is 0 Å². The molecule has 5 heteroatoms. The topological polar surface area (TPSA) is 41.6 Å². The number of nitrogens with one attached hydrogen (secondary N) is 1. The molecule has 0 atom stereocenters. The second-order valence-corrected chi connectivity index (χ2v) is 5.72. The Morgan fingerprint density at radius 1 is 1.27 bits per heavy atom. The fraction of sp³-hybridized carbons (Fsp3) is 0.588. The molecule has 4 nitrogen and oxygen atoms in total. The molecule has 0 aliphatic carbocycles. The van der Waals surface area contributed by atoms with Crippen LogP contribution in [0.3, 0.4) is 0 Å². The molecule has 0 saturated carbocycles. The van der Waals surface area contributed by atoms with Crippen LogP contribution < -0.4 is 10.1 Å². The van der Waals surface area contributed by atoms with Crippen molar-refractivity contribution in [3.8, 4) is 5.75 Å². The summed E-state index contributed by atoms with van der Waals surface area (Å²) in [6.45, 7) is 4.60. The van der Waals surface area contributed by atoms with E-state index in [1.807, 2.05) is 24.1 Å². The van der Waals surface area contributed by atoms with Gasteiger partial charge in [0, 0.05) is 32.4 Å². The van der Waals surface area contributed by atoms with E-state index in [4.69, 9.17) is 4.74 Å². The van der Waals surface area contributed by atoms with E-state index >= 15 is 0 Å². The van der Waals surface area contributed by atoms with Crippen molar-refractivity contribution in [3.63, 3.8) is 0 Å². The van der Waals surface area contributed by atoms with E-state index in [1.165, 1.54) is 5.56 Å². The minimum absolute atomic E-state index is 0. The predicted molar refractivity (Wildman–Crippen MR) is 91.8 cm³/mol. The molecular formula is C17H27ClN2O2. The van der Waals surface area contributed by atoms with Gasteiger partial charge in [0.1, 0.15) is 11.9 Å². The second-order valence-electron chi connectivity index (χ2n) is 5.72. The normalized spacial score (nSPS) is 15.3. The third-order valence-corrected chi connectivity index (χ3v) is 3.94. The second kappa shape index (κ2) is 9.70. The Labute approximate surface area is 139 Å². The van der Waals surface area contributed by atoms with E-state index in [0.29, 0.717) is 6.42 Å². The molecule has 0 unspecified atom stereocenters. The lowest BCUT2D eigenvalue weighted by molar-refractivity contribution is -0.133. The van der Waals surface area contributed by atoms with Gasteiger partial charge in [-0.15, -0.1) is 12.4 Å². The molecule has 1 N–H and O–H groups in total. The van der Waals surface area contributed by atoms with Gasteiger partial charge in [0.05, 0.1) is 0 Å². The Kier molecular flexibility index (Phi) is 8.28. The average Bonchev–Trinajstić information content (AvgIpc) is 2.50. The van der Waals surface area contributed by atoms with Crippen LogP contribution >= 0.6 is 12.4 Å². The summed E-state index contributed by atoms with van der Waals surface area (Å²) in [5.74, 6) is 1.21. The van der Waals surface area contributed by atoms with Crippen molar-refractivity contribution in [2.75, 3.05) is 26.7 Å². The van der Waals surface area contributed by atoms with Gasteiger partial charge in [0.15, 0.2) is 0 Å². The Balaban J connectivity index is 0.00000242. The first-order valence-electron chi connectivity index (χ1n) is 7.84. The SMILES string of the molecule is CNCCCC(=O)N1CCC(Oc2ccc(C)cc2)CC1.Cl. The van der Waals surface area contributed by atoms with Crippen LogP contribution in [-0.2, 0) is 4.79 Å². The molecule has 1 aromatic carbocycles. The molecule has 1 amide bonds. The summed E-state index contributed by atoms with van der Waals surface area (Å²) in [6.07, 6.45) is 3.63. The number of hydrogen-bond donors (Lipinski definition) is 1. The van der Waals surface area contributed by atoms with E-state index in [2.05, 4.69) is 24.4 Å². The Hall–Kier alpha value is -1.26. The number of halogens is 1. The zero-order valence-corrected chi connectivity index (χ0v) is 14.3. The lowest BCUT2D eigenvalue weighted by Crippen LogP contribution is -2.41. The maximum atomic E-state index is 12.0. The summed E-state index contributed by atoms with van der Waals surface area (Å²) in [4.78, 5) is 14.0. The predicted octanol–water partition coefficient (Wildman–Crippen LogP) is 2.79. The Morgan fingerprint density at radius 2 is 1.91 bits per heavy atom. The standard InChI is InChI=1S/C17H26N2O2.ClH/c1-14-5-7-15(8-6-14)21-16-9-12-19(13-10-16)17(20)4-3-11-18-2;/h5-8,16,18H,3-4,9-13H2,1-2H3;1H. The first-order valence-corrected chi connectivity index (χ1v) is 7.84. The number of ether oxygens (including phenoxy) is 1. The van der Waals surface area contributed by atoms with Crippen molar-refractivity contribution < 1.29 is 9.53 Å². The molecule has 1 aliphatic heterocycles. The molecule has 1 fully saturated rings. The minimum Gasteiger partial charge on any atom is -0.490 e. The molecule has 1 saturated heterocycles. The van der Waals surface area contributed by atoms with Gasteiger partial charge in [-0.05, 0) is 39.1 Å². The summed E-state index contributed by atoms with van der Waals surface area (Å²) < 4.78 is 5.99. The zero-order valence-electron chi connectivity index (χ0n) is 13.5. The monoisotopic (exact) mass is 326 g/mol. The van der Waals surface area contributed by atoms with Crippen LogP contribution in [0.4, 0.5) is 0 Å². The first-order chi connectivity index (χ1) is 10.2. The molecule has 1 aromatic rings. The third kappa shape index (κ3) is 5.85. The van der Waals surface area contributed by atoms with Gasteiger partial charge in [-0.3, -0.25) is 4.79 Å². The van der Waals surface area contributed by atoms with E-state index in [1.54, 1.807) is 0 Å². The number of hydrogen-bond acceptors (Lipinski definition) is 3.